The first-order valence-electron chi connectivity index (χ1n) is 8.70. The quantitative estimate of drug-likeness (QED) is 0.328. The molecular formula is C18H24N6S2. The molecule has 0 fully saturated rings. The maximum absolute atomic E-state index is 4.66. The molecule has 0 aliphatic rings. The molecule has 0 saturated heterocycles. The van der Waals surface area contributed by atoms with Crippen LogP contribution < -0.4 is 16.0 Å². The molecule has 0 unspecified atom stereocenters. The predicted octanol–water partition coefficient (Wildman–Crippen LogP) is 3.54. The smallest absolute Gasteiger partial charge is 0.191 e. The Morgan fingerprint density at radius 3 is 2.65 bits per heavy atom. The molecule has 0 saturated carbocycles. The minimum atomic E-state index is 0.651. The van der Waals surface area contributed by atoms with Crippen LogP contribution in [0.2, 0.25) is 0 Å². The van der Waals surface area contributed by atoms with E-state index in [1.807, 2.05) is 32.0 Å². The van der Waals surface area contributed by atoms with Gasteiger partial charge in [0.15, 0.2) is 11.1 Å². The second-order valence-corrected chi connectivity index (χ2v) is 8.10. The van der Waals surface area contributed by atoms with Crippen molar-refractivity contribution >= 4 is 44.0 Å². The number of fused-ring (bicyclic) bond motifs is 1. The normalized spacial score (nSPS) is 11.7. The van der Waals surface area contributed by atoms with Gasteiger partial charge in [-0.2, -0.15) is 0 Å². The van der Waals surface area contributed by atoms with Crippen molar-refractivity contribution in [3.05, 3.63) is 39.8 Å². The monoisotopic (exact) mass is 388 g/mol. The maximum atomic E-state index is 4.66. The summed E-state index contributed by atoms with van der Waals surface area (Å²) in [7, 11) is 0. The van der Waals surface area contributed by atoms with Gasteiger partial charge < -0.3 is 16.0 Å². The molecule has 0 spiro atoms. The molecule has 0 amide bonds. The third-order valence-electron chi connectivity index (χ3n) is 3.71. The van der Waals surface area contributed by atoms with Gasteiger partial charge in [-0.3, -0.25) is 0 Å². The Hall–Kier alpha value is -2.19. The van der Waals surface area contributed by atoms with Gasteiger partial charge in [-0.1, -0.05) is 23.5 Å². The molecule has 2 heterocycles. The molecule has 0 bridgehead atoms. The number of hydrogen-bond donors (Lipinski definition) is 3. The number of para-hydroxylation sites is 1. The number of aliphatic imine (C=N–C) groups is 1. The fourth-order valence-corrected chi connectivity index (χ4v) is 4.26. The van der Waals surface area contributed by atoms with E-state index in [4.69, 9.17) is 0 Å². The van der Waals surface area contributed by atoms with Crippen molar-refractivity contribution in [3.8, 4) is 0 Å². The molecule has 0 aliphatic carbocycles. The van der Waals surface area contributed by atoms with Gasteiger partial charge >= 0.3 is 0 Å². The van der Waals surface area contributed by atoms with Crippen molar-refractivity contribution in [2.24, 2.45) is 4.99 Å². The lowest BCUT2D eigenvalue weighted by atomic mass is 10.3. The van der Waals surface area contributed by atoms with Crippen LogP contribution in [-0.2, 0) is 6.54 Å². The van der Waals surface area contributed by atoms with Crippen LogP contribution in [0.3, 0.4) is 0 Å². The Balaban J connectivity index is 1.50. The molecule has 0 aliphatic heterocycles. The summed E-state index contributed by atoms with van der Waals surface area (Å²) < 4.78 is 1.20. The Kier molecular flexibility index (Phi) is 6.40. The second-order valence-electron chi connectivity index (χ2n) is 5.78. The van der Waals surface area contributed by atoms with E-state index < -0.39 is 0 Å². The van der Waals surface area contributed by atoms with E-state index >= 15 is 0 Å². The van der Waals surface area contributed by atoms with Gasteiger partial charge in [0.25, 0.3) is 0 Å². The Morgan fingerprint density at radius 1 is 1.08 bits per heavy atom. The largest absolute Gasteiger partial charge is 0.360 e. The van der Waals surface area contributed by atoms with Crippen LogP contribution in [0.25, 0.3) is 10.2 Å². The standard InChI is InChI=1S/C18H24N6S2/c1-4-19-17(22-11-16-12(2)23-13(3)25-16)20-9-10-21-18-24-14-7-5-6-8-15(14)26-18/h5-8H,4,9-11H2,1-3H3,(H,21,24)(H2,19,20,22). The van der Waals surface area contributed by atoms with E-state index in [0.29, 0.717) is 6.54 Å². The van der Waals surface area contributed by atoms with E-state index in [9.17, 15) is 0 Å². The number of nitrogens with one attached hydrogen (secondary N) is 3. The van der Waals surface area contributed by atoms with Crippen molar-refractivity contribution in [1.29, 1.82) is 0 Å². The zero-order valence-corrected chi connectivity index (χ0v) is 16.9. The first-order chi connectivity index (χ1) is 12.7. The molecule has 0 atom stereocenters. The molecule has 0 radical (unpaired) electrons. The van der Waals surface area contributed by atoms with Gasteiger partial charge in [-0.25, -0.2) is 15.0 Å². The average Bonchev–Trinajstić information content (AvgIpc) is 3.18. The molecule has 138 valence electrons. The Labute approximate surface area is 161 Å². The molecule has 3 aromatic rings. The molecule has 3 N–H and O–H groups in total. The van der Waals surface area contributed by atoms with Crippen molar-refractivity contribution in [3.63, 3.8) is 0 Å². The number of aryl methyl sites for hydroxylation is 2. The summed E-state index contributed by atoms with van der Waals surface area (Å²) in [4.78, 5) is 14.9. The number of rotatable bonds is 7. The highest BCUT2D eigenvalue weighted by Gasteiger charge is 2.05. The minimum absolute atomic E-state index is 0.651. The summed E-state index contributed by atoms with van der Waals surface area (Å²) in [5.74, 6) is 0.823. The number of aromatic nitrogens is 2. The third kappa shape index (κ3) is 4.92. The average molecular weight is 389 g/mol. The van der Waals surface area contributed by atoms with E-state index in [1.54, 1.807) is 22.7 Å². The van der Waals surface area contributed by atoms with Crippen LogP contribution in [0, 0.1) is 13.8 Å². The van der Waals surface area contributed by atoms with Crippen LogP contribution in [0.15, 0.2) is 29.3 Å². The van der Waals surface area contributed by atoms with Gasteiger partial charge in [-0.05, 0) is 32.9 Å². The van der Waals surface area contributed by atoms with Crippen molar-refractivity contribution < 1.29 is 0 Å². The van der Waals surface area contributed by atoms with E-state index in [1.165, 1.54) is 9.58 Å². The summed E-state index contributed by atoms with van der Waals surface area (Å²) in [6.45, 7) is 9.17. The number of guanidine groups is 1. The van der Waals surface area contributed by atoms with Crippen molar-refractivity contribution in [2.45, 2.75) is 27.3 Å². The molecular weight excluding hydrogens is 364 g/mol. The topological polar surface area (TPSA) is 74.2 Å². The molecule has 26 heavy (non-hydrogen) atoms. The Bertz CT molecular complexity index is 850. The number of thiazole rings is 2. The summed E-state index contributed by atoms with van der Waals surface area (Å²) in [6.07, 6.45) is 0. The molecule has 8 heteroatoms. The highest BCUT2D eigenvalue weighted by molar-refractivity contribution is 7.22. The maximum Gasteiger partial charge on any atom is 0.191 e. The predicted molar refractivity (Wildman–Crippen MR) is 113 cm³/mol. The SMILES string of the molecule is CCNC(=NCc1sc(C)nc1C)NCCNc1nc2ccccc2s1. The zero-order chi connectivity index (χ0) is 18.4. The lowest BCUT2D eigenvalue weighted by molar-refractivity contribution is 0.820. The van der Waals surface area contributed by atoms with Crippen LogP contribution in [0.4, 0.5) is 5.13 Å². The van der Waals surface area contributed by atoms with Gasteiger partial charge in [0, 0.05) is 24.5 Å². The first-order valence-corrected chi connectivity index (χ1v) is 10.3. The highest BCUT2D eigenvalue weighted by Crippen LogP contribution is 2.24. The number of nitrogens with zero attached hydrogens (tertiary/aromatic N) is 3. The third-order valence-corrected chi connectivity index (χ3v) is 5.76. The fourth-order valence-electron chi connectivity index (χ4n) is 2.51. The van der Waals surface area contributed by atoms with Crippen LogP contribution in [0.1, 0.15) is 22.5 Å². The van der Waals surface area contributed by atoms with Crippen molar-refractivity contribution in [1.82, 2.24) is 20.6 Å². The molecule has 2 aromatic heterocycles. The number of hydrogen-bond acceptors (Lipinski definition) is 6. The summed E-state index contributed by atoms with van der Waals surface area (Å²) in [5.41, 5.74) is 2.11. The molecule has 3 rings (SSSR count). The fraction of sp³-hybridized carbons (Fsp3) is 0.389. The van der Waals surface area contributed by atoms with Crippen LogP contribution >= 0.6 is 22.7 Å². The van der Waals surface area contributed by atoms with Gasteiger partial charge in [-0.15, -0.1) is 11.3 Å². The lowest BCUT2D eigenvalue weighted by Crippen LogP contribution is -2.39. The van der Waals surface area contributed by atoms with Crippen molar-refractivity contribution in [2.75, 3.05) is 25.0 Å². The zero-order valence-electron chi connectivity index (χ0n) is 15.3. The van der Waals surface area contributed by atoms with Gasteiger partial charge in [0.2, 0.25) is 0 Å². The van der Waals surface area contributed by atoms with Gasteiger partial charge in [0.1, 0.15) is 0 Å². The summed E-state index contributed by atoms with van der Waals surface area (Å²) >= 11 is 3.39. The molecule has 1 aromatic carbocycles. The molecule has 6 nitrogen and oxygen atoms in total. The summed E-state index contributed by atoms with van der Waals surface area (Å²) in [5, 5.41) is 12.1. The van der Waals surface area contributed by atoms with Crippen LogP contribution in [0.5, 0.6) is 0 Å². The second kappa shape index (κ2) is 8.95. The van der Waals surface area contributed by atoms with Crippen LogP contribution in [-0.4, -0.2) is 35.6 Å². The highest BCUT2D eigenvalue weighted by atomic mass is 32.1. The number of benzene rings is 1. The van der Waals surface area contributed by atoms with Gasteiger partial charge in [0.05, 0.1) is 27.5 Å². The first kappa shape index (κ1) is 18.6. The number of anilines is 1. The minimum Gasteiger partial charge on any atom is -0.360 e. The van der Waals surface area contributed by atoms with E-state index in [2.05, 4.69) is 43.9 Å². The lowest BCUT2D eigenvalue weighted by Gasteiger charge is -2.11. The Morgan fingerprint density at radius 2 is 1.92 bits per heavy atom. The van der Waals surface area contributed by atoms with E-state index in [0.717, 1.165) is 46.9 Å². The summed E-state index contributed by atoms with van der Waals surface area (Å²) in [6, 6.07) is 8.18. The van der Waals surface area contributed by atoms with E-state index in [-0.39, 0.29) is 0 Å².